The van der Waals surface area contributed by atoms with Crippen molar-refractivity contribution in [1.29, 1.82) is 0 Å². The monoisotopic (exact) mass is 642 g/mol. The van der Waals surface area contributed by atoms with Crippen LogP contribution >= 0.6 is 0 Å². The number of ether oxygens (including phenoxy) is 3. The molecular formula is C36H42N4O7. The van der Waals surface area contributed by atoms with Gasteiger partial charge in [-0.1, -0.05) is 31.5 Å². The van der Waals surface area contributed by atoms with Crippen molar-refractivity contribution in [2.24, 2.45) is 0 Å². The molecule has 0 bridgehead atoms. The number of nitrogens with one attached hydrogen (secondary N) is 2. The first kappa shape index (κ1) is 32.3. The molecule has 1 spiro atoms. The van der Waals surface area contributed by atoms with Crippen molar-refractivity contribution in [1.82, 2.24) is 20.4 Å². The maximum atomic E-state index is 14.0. The standard InChI is InChI=1S/C36H42N4O7/c1-3-4-17-40-34(43)31(32(41)26-9-14-29-30(22-26)46-21-20-45-29)38-35(44)36(40)15-18-39(19-16-36)23-24-5-10-27(11-6-24)47-28-12-7-25(8-13-28)33(42)37-2/h5-14,22,31-32,41H,3-4,15-21,23H2,1-2H3,(H,37,42)(H,38,44)/t31-,32-/m1/s1. The zero-order valence-electron chi connectivity index (χ0n) is 26.9. The van der Waals surface area contributed by atoms with E-state index in [0.29, 0.717) is 86.4 Å². The van der Waals surface area contributed by atoms with E-state index in [4.69, 9.17) is 14.2 Å². The van der Waals surface area contributed by atoms with Crippen molar-refractivity contribution < 1.29 is 33.7 Å². The van der Waals surface area contributed by atoms with Crippen LogP contribution in [0.2, 0.25) is 0 Å². The normalized spacial score (nSPS) is 19.6. The van der Waals surface area contributed by atoms with Crippen molar-refractivity contribution >= 4 is 17.7 Å². The molecule has 3 aromatic rings. The largest absolute Gasteiger partial charge is 0.486 e. The van der Waals surface area contributed by atoms with Gasteiger partial charge in [-0.3, -0.25) is 19.3 Å². The number of aliphatic hydroxyl groups is 1. The molecule has 0 unspecified atom stereocenters. The van der Waals surface area contributed by atoms with Gasteiger partial charge in [0.25, 0.3) is 5.91 Å². The molecule has 3 N–H and O–H groups in total. The number of hydrogen-bond acceptors (Lipinski definition) is 8. The van der Waals surface area contributed by atoms with Gasteiger partial charge in [0.1, 0.15) is 42.4 Å². The van der Waals surface area contributed by atoms with Crippen LogP contribution in [0.3, 0.4) is 0 Å². The van der Waals surface area contributed by atoms with E-state index in [2.05, 4.69) is 22.5 Å². The van der Waals surface area contributed by atoms with Crippen LogP contribution < -0.4 is 24.8 Å². The van der Waals surface area contributed by atoms with E-state index < -0.39 is 17.7 Å². The molecule has 3 amide bonds. The fraction of sp³-hybridized carbons (Fsp3) is 0.417. The quantitative estimate of drug-likeness (QED) is 0.305. The number of benzene rings is 3. The number of fused-ring (bicyclic) bond motifs is 1. The molecule has 11 nitrogen and oxygen atoms in total. The van der Waals surface area contributed by atoms with Gasteiger partial charge in [0.15, 0.2) is 11.5 Å². The van der Waals surface area contributed by atoms with Gasteiger partial charge in [0.2, 0.25) is 11.8 Å². The molecular weight excluding hydrogens is 600 g/mol. The topological polar surface area (TPSA) is 130 Å². The summed E-state index contributed by atoms with van der Waals surface area (Å²) in [6.45, 7) is 5.38. The Balaban J connectivity index is 1.09. The summed E-state index contributed by atoms with van der Waals surface area (Å²) >= 11 is 0. The summed E-state index contributed by atoms with van der Waals surface area (Å²) in [6.07, 6.45) is 1.44. The minimum Gasteiger partial charge on any atom is -0.486 e. The van der Waals surface area contributed by atoms with Crippen LogP contribution in [-0.4, -0.2) is 84.1 Å². The first-order valence-corrected chi connectivity index (χ1v) is 16.3. The molecule has 11 heteroatoms. The summed E-state index contributed by atoms with van der Waals surface area (Å²) < 4.78 is 17.2. The Labute approximate surface area is 274 Å². The second-order valence-corrected chi connectivity index (χ2v) is 12.3. The summed E-state index contributed by atoms with van der Waals surface area (Å²) in [5.41, 5.74) is 1.22. The number of piperazine rings is 1. The number of aliphatic hydroxyl groups excluding tert-OH is 1. The molecule has 0 aliphatic carbocycles. The summed E-state index contributed by atoms with van der Waals surface area (Å²) in [5.74, 6) is 1.83. The number of unbranched alkanes of at least 4 members (excludes halogenated alkanes) is 1. The zero-order valence-corrected chi connectivity index (χ0v) is 26.9. The van der Waals surface area contributed by atoms with Gasteiger partial charge in [0, 0.05) is 38.8 Å². The number of amides is 3. The predicted octanol–water partition coefficient (Wildman–Crippen LogP) is 3.81. The Morgan fingerprint density at radius 2 is 1.66 bits per heavy atom. The Morgan fingerprint density at radius 1 is 1.00 bits per heavy atom. The summed E-state index contributed by atoms with van der Waals surface area (Å²) in [6, 6.07) is 18.9. The van der Waals surface area contributed by atoms with E-state index in [1.54, 1.807) is 54.4 Å². The molecule has 6 rings (SSSR count). The maximum Gasteiger partial charge on any atom is 0.251 e. The Morgan fingerprint density at radius 3 is 2.32 bits per heavy atom. The number of carbonyl (C=O) groups is 3. The highest BCUT2D eigenvalue weighted by molar-refractivity contribution is 6.00. The molecule has 2 saturated heterocycles. The SMILES string of the molecule is CCCCN1C(=O)[C@@H]([C@H](O)c2ccc3c(c2)OCCO3)NC(=O)C12CCN(Cc1ccc(Oc3ccc(C(=O)NC)cc3)cc1)CC2. The van der Waals surface area contributed by atoms with Crippen LogP contribution in [0, 0.1) is 0 Å². The highest BCUT2D eigenvalue weighted by atomic mass is 16.6. The fourth-order valence-corrected chi connectivity index (χ4v) is 6.58. The van der Waals surface area contributed by atoms with E-state index >= 15 is 0 Å². The molecule has 248 valence electrons. The third-order valence-corrected chi connectivity index (χ3v) is 9.31. The smallest absolute Gasteiger partial charge is 0.251 e. The summed E-state index contributed by atoms with van der Waals surface area (Å²) in [4.78, 5) is 43.7. The van der Waals surface area contributed by atoms with Crippen LogP contribution in [-0.2, 0) is 16.1 Å². The number of hydrogen-bond donors (Lipinski definition) is 3. The molecule has 0 radical (unpaired) electrons. The van der Waals surface area contributed by atoms with E-state index in [1.165, 1.54) is 0 Å². The molecule has 3 heterocycles. The molecule has 2 atom stereocenters. The van der Waals surface area contributed by atoms with Crippen LogP contribution in [0.1, 0.15) is 60.2 Å². The first-order valence-electron chi connectivity index (χ1n) is 16.3. The van der Waals surface area contributed by atoms with Crippen LogP contribution in [0.15, 0.2) is 66.7 Å². The summed E-state index contributed by atoms with van der Waals surface area (Å²) in [5, 5.41) is 16.8. The van der Waals surface area contributed by atoms with Gasteiger partial charge in [0.05, 0.1) is 0 Å². The number of rotatable bonds is 10. The molecule has 3 aliphatic heterocycles. The molecule has 2 fully saturated rings. The van der Waals surface area contributed by atoms with Crippen molar-refractivity contribution in [3.05, 3.63) is 83.4 Å². The average Bonchev–Trinajstić information content (AvgIpc) is 3.11. The lowest BCUT2D eigenvalue weighted by atomic mass is 9.80. The van der Waals surface area contributed by atoms with Gasteiger partial charge < -0.3 is 34.9 Å². The highest BCUT2D eigenvalue weighted by Gasteiger charge is 2.54. The third kappa shape index (κ3) is 6.77. The van der Waals surface area contributed by atoms with Crippen molar-refractivity contribution in [2.75, 3.05) is 39.9 Å². The highest BCUT2D eigenvalue weighted by Crippen LogP contribution is 2.38. The van der Waals surface area contributed by atoms with E-state index in [1.807, 2.05) is 24.3 Å². The van der Waals surface area contributed by atoms with Crippen LogP contribution in [0.25, 0.3) is 0 Å². The molecule has 47 heavy (non-hydrogen) atoms. The number of carbonyl (C=O) groups excluding carboxylic acids is 3. The third-order valence-electron chi connectivity index (χ3n) is 9.31. The lowest BCUT2D eigenvalue weighted by Gasteiger charge is -2.52. The zero-order chi connectivity index (χ0) is 33.0. The van der Waals surface area contributed by atoms with Gasteiger partial charge in [-0.2, -0.15) is 0 Å². The lowest BCUT2D eigenvalue weighted by Crippen LogP contribution is -2.73. The van der Waals surface area contributed by atoms with E-state index in [9.17, 15) is 19.5 Å². The van der Waals surface area contributed by atoms with Crippen LogP contribution in [0.5, 0.6) is 23.0 Å². The van der Waals surface area contributed by atoms with Gasteiger partial charge in [-0.25, -0.2) is 0 Å². The van der Waals surface area contributed by atoms with Gasteiger partial charge >= 0.3 is 0 Å². The van der Waals surface area contributed by atoms with Gasteiger partial charge in [-0.05, 0) is 78.9 Å². The van der Waals surface area contributed by atoms with Crippen molar-refractivity contribution in [3.63, 3.8) is 0 Å². The number of likely N-dealkylation sites (tertiary alicyclic amines) is 1. The average molecular weight is 643 g/mol. The number of nitrogens with zero attached hydrogens (tertiary/aromatic N) is 2. The second kappa shape index (κ2) is 14.0. The molecule has 3 aliphatic rings. The molecule has 0 aromatic heterocycles. The molecule has 3 aromatic carbocycles. The first-order chi connectivity index (χ1) is 22.8. The van der Waals surface area contributed by atoms with E-state index in [0.717, 1.165) is 18.4 Å². The summed E-state index contributed by atoms with van der Waals surface area (Å²) in [7, 11) is 1.60. The lowest BCUT2D eigenvalue weighted by molar-refractivity contribution is -0.164. The van der Waals surface area contributed by atoms with Crippen molar-refractivity contribution in [3.8, 4) is 23.0 Å². The minimum absolute atomic E-state index is 0.148. The van der Waals surface area contributed by atoms with Crippen LogP contribution in [0.4, 0.5) is 0 Å². The minimum atomic E-state index is -1.22. The predicted molar refractivity (Wildman–Crippen MR) is 175 cm³/mol. The second-order valence-electron chi connectivity index (χ2n) is 12.3. The fourth-order valence-electron chi connectivity index (χ4n) is 6.58. The Kier molecular flexibility index (Phi) is 9.65. The maximum absolute atomic E-state index is 14.0. The Bertz CT molecular complexity index is 1590. The molecule has 0 saturated carbocycles. The number of piperidine rings is 1. The van der Waals surface area contributed by atoms with E-state index in [-0.39, 0.29) is 17.7 Å². The van der Waals surface area contributed by atoms with Gasteiger partial charge in [-0.15, -0.1) is 0 Å². The van der Waals surface area contributed by atoms with Crippen molar-refractivity contribution in [2.45, 2.75) is 56.8 Å². The Hall–Kier alpha value is -4.61.